The molecule has 14 heavy (non-hydrogen) atoms. The van der Waals surface area contributed by atoms with Crippen LogP contribution in [0.25, 0.3) is 11.4 Å². The SMILES string of the molecule is CSc1nccc(-c2csc(C)n2)n1. The second-order valence-electron chi connectivity index (χ2n) is 2.68. The molecule has 0 saturated heterocycles. The predicted molar refractivity (Wildman–Crippen MR) is 59.7 cm³/mol. The monoisotopic (exact) mass is 223 g/mol. The number of aryl methyl sites for hydroxylation is 1. The van der Waals surface area contributed by atoms with Crippen LogP contribution in [0.1, 0.15) is 5.01 Å². The van der Waals surface area contributed by atoms with Crippen molar-refractivity contribution < 1.29 is 0 Å². The highest BCUT2D eigenvalue weighted by Crippen LogP contribution is 2.20. The van der Waals surface area contributed by atoms with Crippen LogP contribution in [0.15, 0.2) is 22.8 Å². The molecule has 2 rings (SSSR count). The highest BCUT2D eigenvalue weighted by molar-refractivity contribution is 7.98. The fraction of sp³-hybridized carbons (Fsp3) is 0.222. The zero-order valence-electron chi connectivity index (χ0n) is 7.89. The van der Waals surface area contributed by atoms with Crippen molar-refractivity contribution in [3.63, 3.8) is 0 Å². The van der Waals surface area contributed by atoms with Crippen LogP contribution in [0.3, 0.4) is 0 Å². The summed E-state index contributed by atoms with van der Waals surface area (Å²) in [5.41, 5.74) is 1.83. The van der Waals surface area contributed by atoms with Crippen LogP contribution in [-0.4, -0.2) is 21.2 Å². The number of thiazole rings is 1. The molecule has 0 amide bonds. The van der Waals surface area contributed by atoms with Crippen LogP contribution in [0, 0.1) is 6.92 Å². The molecule has 0 radical (unpaired) electrons. The van der Waals surface area contributed by atoms with E-state index < -0.39 is 0 Å². The fourth-order valence-corrected chi connectivity index (χ4v) is 2.03. The van der Waals surface area contributed by atoms with E-state index in [4.69, 9.17) is 0 Å². The van der Waals surface area contributed by atoms with Gasteiger partial charge in [-0.15, -0.1) is 11.3 Å². The lowest BCUT2D eigenvalue weighted by molar-refractivity contribution is 0.972. The second kappa shape index (κ2) is 4.06. The van der Waals surface area contributed by atoms with Crippen molar-refractivity contribution in [3.05, 3.63) is 22.7 Å². The molecule has 0 aliphatic rings. The molecule has 0 unspecified atom stereocenters. The second-order valence-corrected chi connectivity index (χ2v) is 4.52. The van der Waals surface area contributed by atoms with Crippen molar-refractivity contribution in [2.45, 2.75) is 12.1 Å². The normalized spacial score (nSPS) is 10.4. The molecule has 2 aromatic rings. The molecular formula is C9H9N3S2. The average molecular weight is 223 g/mol. The van der Waals surface area contributed by atoms with Gasteiger partial charge in [0, 0.05) is 11.6 Å². The Balaban J connectivity index is 2.41. The molecule has 72 valence electrons. The van der Waals surface area contributed by atoms with Gasteiger partial charge in [0.2, 0.25) is 0 Å². The van der Waals surface area contributed by atoms with Gasteiger partial charge in [0.15, 0.2) is 5.16 Å². The molecule has 0 aliphatic heterocycles. The first kappa shape index (κ1) is 9.61. The van der Waals surface area contributed by atoms with Gasteiger partial charge < -0.3 is 0 Å². The van der Waals surface area contributed by atoms with E-state index in [1.807, 2.05) is 24.6 Å². The van der Waals surface area contributed by atoms with Gasteiger partial charge in [0.1, 0.15) is 0 Å². The Bertz CT molecular complexity index is 439. The van der Waals surface area contributed by atoms with Gasteiger partial charge in [-0.25, -0.2) is 15.0 Å². The largest absolute Gasteiger partial charge is 0.240 e. The Labute approximate surface area is 90.6 Å². The van der Waals surface area contributed by atoms with E-state index in [-0.39, 0.29) is 0 Å². The van der Waals surface area contributed by atoms with Crippen LogP contribution in [0.5, 0.6) is 0 Å². The van der Waals surface area contributed by atoms with Gasteiger partial charge in [-0.05, 0) is 19.2 Å². The summed E-state index contributed by atoms with van der Waals surface area (Å²) < 4.78 is 0. The number of hydrogen-bond donors (Lipinski definition) is 0. The van der Waals surface area contributed by atoms with Crippen LogP contribution < -0.4 is 0 Å². The van der Waals surface area contributed by atoms with Crippen molar-refractivity contribution in [1.29, 1.82) is 0 Å². The Hall–Kier alpha value is -0.940. The number of nitrogens with zero attached hydrogens (tertiary/aromatic N) is 3. The highest BCUT2D eigenvalue weighted by atomic mass is 32.2. The van der Waals surface area contributed by atoms with Crippen molar-refractivity contribution in [3.8, 4) is 11.4 Å². The van der Waals surface area contributed by atoms with Gasteiger partial charge in [-0.3, -0.25) is 0 Å². The van der Waals surface area contributed by atoms with E-state index in [2.05, 4.69) is 15.0 Å². The molecule has 0 N–H and O–H groups in total. The molecule has 0 atom stereocenters. The lowest BCUT2D eigenvalue weighted by Crippen LogP contribution is -1.88. The zero-order chi connectivity index (χ0) is 9.97. The Morgan fingerprint density at radius 1 is 1.29 bits per heavy atom. The van der Waals surface area contributed by atoms with E-state index in [9.17, 15) is 0 Å². The molecule has 0 spiro atoms. The first-order chi connectivity index (χ1) is 6.79. The topological polar surface area (TPSA) is 38.7 Å². The molecule has 0 bridgehead atoms. The summed E-state index contributed by atoms with van der Waals surface area (Å²) in [6.45, 7) is 1.99. The van der Waals surface area contributed by atoms with Crippen molar-refractivity contribution in [2.24, 2.45) is 0 Å². The number of aromatic nitrogens is 3. The summed E-state index contributed by atoms with van der Waals surface area (Å²) >= 11 is 3.17. The minimum absolute atomic E-state index is 0.785. The maximum atomic E-state index is 4.38. The minimum atomic E-state index is 0.785. The molecular weight excluding hydrogens is 214 g/mol. The summed E-state index contributed by atoms with van der Waals surface area (Å²) in [7, 11) is 0. The number of hydrogen-bond acceptors (Lipinski definition) is 5. The molecule has 0 fully saturated rings. The fourth-order valence-electron chi connectivity index (χ4n) is 1.06. The maximum Gasteiger partial charge on any atom is 0.187 e. The van der Waals surface area contributed by atoms with Crippen molar-refractivity contribution in [1.82, 2.24) is 15.0 Å². The summed E-state index contributed by atoms with van der Waals surface area (Å²) in [5, 5.41) is 3.86. The molecule has 2 heterocycles. The van der Waals surface area contributed by atoms with E-state index in [0.717, 1.165) is 21.6 Å². The van der Waals surface area contributed by atoms with E-state index >= 15 is 0 Å². The van der Waals surface area contributed by atoms with Gasteiger partial charge in [0.25, 0.3) is 0 Å². The average Bonchev–Trinajstić information content (AvgIpc) is 2.65. The standard InChI is InChI=1S/C9H9N3S2/c1-6-11-8(5-14-6)7-3-4-10-9(12-7)13-2/h3-5H,1-2H3. The van der Waals surface area contributed by atoms with E-state index in [1.165, 1.54) is 11.8 Å². The van der Waals surface area contributed by atoms with Crippen LogP contribution in [0.4, 0.5) is 0 Å². The Morgan fingerprint density at radius 3 is 2.79 bits per heavy atom. The maximum absolute atomic E-state index is 4.38. The lowest BCUT2D eigenvalue weighted by atomic mass is 10.3. The third-order valence-corrected chi connectivity index (χ3v) is 3.03. The van der Waals surface area contributed by atoms with Crippen LogP contribution in [-0.2, 0) is 0 Å². The quantitative estimate of drug-likeness (QED) is 0.579. The predicted octanol–water partition coefficient (Wildman–Crippen LogP) is 2.63. The van der Waals surface area contributed by atoms with Crippen LogP contribution in [0.2, 0.25) is 0 Å². The molecule has 0 aromatic carbocycles. The lowest BCUT2D eigenvalue weighted by Gasteiger charge is -1.97. The minimum Gasteiger partial charge on any atom is -0.240 e. The van der Waals surface area contributed by atoms with Crippen molar-refractivity contribution in [2.75, 3.05) is 6.26 Å². The summed E-state index contributed by atoms with van der Waals surface area (Å²) in [6, 6.07) is 1.88. The Kier molecular flexibility index (Phi) is 2.79. The smallest absolute Gasteiger partial charge is 0.187 e. The third-order valence-electron chi connectivity index (χ3n) is 1.70. The summed E-state index contributed by atoms with van der Waals surface area (Å²) in [5.74, 6) is 0. The number of rotatable bonds is 2. The van der Waals surface area contributed by atoms with Gasteiger partial charge >= 0.3 is 0 Å². The first-order valence-electron chi connectivity index (χ1n) is 4.09. The molecule has 5 heteroatoms. The molecule has 0 saturated carbocycles. The van der Waals surface area contributed by atoms with Gasteiger partial charge in [-0.1, -0.05) is 11.8 Å². The summed E-state index contributed by atoms with van der Waals surface area (Å²) in [6.07, 6.45) is 3.73. The number of thioether (sulfide) groups is 1. The van der Waals surface area contributed by atoms with Crippen molar-refractivity contribution >= 4 is 23.1 Å². The van der Waals surface area contributed by atoms with E-state index in [0.29, 0.717) is 0 Å². The molecule has 0 aliphatic carbocycles. The van der Waals surface area contributed by atoms with Gasteiger partial charge in [-0.2, -0.15) is 0 Å². The van der Waals surface area contributed by atoms with Gasteiger partial charge in [0.05, 0.1) is 16.4 Å². The highest BCUT2D eigenvalue weighted by Gasteiger charge is 2.04. The molecule has 3 nitrogen and oxygen atoms in total. The van der Waals surface area contributed by atoms with E-state index in [1.54, 1.807) is 17.5 Å². The molecule has 2 aromatic heterocycles. The van der Waals surface area contributed by atoms with Crippen LogP contribution >= 0.6 is 23.1 Å². The first-order valence-corrected chi connectivity index (χ1v) is 6.19. The Morgan fingerprint density at radius 2 is 2.14 bits per heavy atom. The zero-order valence-corrected chi connectivity index (χ0v) is 9.52. The third kappa shape index (κ3) is 1.93. The summed E-state index contributed by atoms with van der Waals surface area (Å²) in [4.78, 5) is 12.9.